The van der Waals surface area contributed by atoms with Crippen LogP contribution in [0.4, 0.5) is 0 Å². The molecule has 0 bridgehead atoms. The van der Waals surface area contributed by atoms with Crippen LogP contribution in [0, 0.1) is 40.9 Å². The molecule has 9 atom stereocenters. The van der Waals surface area contributed by atoms with E-state index in [1.54, 1.807) is 0 Å². The number of aliphatic hydroxyl groups is 2. The summed E-state index contributed by atoms with van der Waals surface area (Å²) in [6.07, 6.45) is 11.3. The summed E-state index contributed by atoms with van der Waals surface area (Å²) in [5.74, 6) is 4.94. The second kappa shape index (κ2) is 5.48. The molecule has 4 aliphatic rings. The second-order valence-corrected chi connectivity index (χ2v) is 9.37. The zero-order valence-corrected chi connectivity index (χ0v) is 14.4. The fourth-order valence-electron chi connectivity index (χ4n) is 7.66. The predicted molar refractivity (Wildman–Crippen MR) is 88.3 cm³/mol. The summed E-state index contributed by atoms with van der Waals surface area (Å²) in [4.78, 5) is 0. The van der Waals surface area contributed by atoms with E-state index < -0.39 is 0 Å². The maximum atomic E-state index is 10.2. The highest BCUT2D eigenvalue weighted by Gasteiger charge is 2.57. The zero-order valence-electron chi connectivity index (χ0n) is 14.4. The fraction of sp³-hybridized carbons (Fsp3) is 1.00. The molecule has 0 saturated heterocycles. The van der Waals surface area contributed by atoms with Crippen molar-refractivity contribution in [3.63, 3.8) is 0 Å². The van der Waals surface area contributed by atoms with Gasteiger partial charge in [0.2, 0.25) is 0 Å². The molecule has 4 saturated carbocycles. The zero-order chi connectivity index (χ0) is 15.5. The highest BCUT2D eigenvalue weighted by Crippen LogP contribution is 2.64. The lowest BCUT2D eigenvalue weighted by Gasteiger charge is -2.56. The highest BCUT2D eigenvalue weighted by molar-refractivity contribution is 5.06. The van der Waals surface area contributed by atoms with Gasteiger partial charge < -0.3 is 10.2 Å². The molecule has 126 valence electrons. The van der Waals surface area contributed by atoms with E-state index in [4.69, 9.17) is 0 Å². The Labute approximate surface area is 135 Å². The smallest absolute Gasteiger partial charge is 0.0545 e. The molecule has 0 aromatic carbocycles. The minimum Gasteiger partial charge on any atom is -0.393 e. The lowest BCUT2D eigenvalue weighted by atomic mass is 9.49. The molecule has 2 N–H and O–H groups in total. The normalized spacial score (nSPS) is 55.9. The van der Waals surface area contributed by atoms with Crippen molar-refractivity contribution in [2.75, 3.05) is 0 Å². The third-order valence-electron chi connectivity index (χ3n) is 8.58. The van der Waals surface area contributed by atoms with E-state index in [2.05, 4.69) is 6.92 Å². The molecule has 0 amide bonds. The summed E-state index contributed by atoms with van der Waals surface area (Å²) < 4.78 is 0. The SMILES string of the molecule is C[C@H](O)[C@H]1CC[C@H]2[C@@H]3CC[C@H]4C[C@H](O)CC[C@@H]4[C@H]3CC[C@]12C. The maximum Gasteiger partial charge on any atom is 0.0545 e. The molecule has 0 aliphatic heterocycles. The molecule has 0 unspecified atom stereocenters. The Balaban J connectivity index is 1.55. The molecule has 0 aromatic heterocycles. The first kappa shape index (κ1) is 15.4. The van der Waals surface area contributed by atoms with Gasteiger partial charge in [-0.05, 0) is 106 Å². The molecule has 0 spiro atoms. The molecule has 4 fully saturated rings. The number of fused-ring (bicyclic) bond motifs is 5. The Kier molecular flexibility index (Phi) is 3.85. The van der Waals surface area contributed by atoms with Crippen LogP contribution in [0.3, 0.4) is 0 Å². The Morgan fingerprint density at radius 1 is 0.909 bits per heavy atom. The minimum atomic E-state index is -0.132. The maximum absolute atomic E-state index is 10.2. The summed E-state index contributed by atoms with van der Waals surface area (Å²) in [6, 6.07) is 0. The third kappa shape index (κ3) is 2.20. The van der Waals surface area contributed by atoms with Gasteiger partial charge in [0.1, 0.15) is 0 Å². The molecule has 0 radical (unpaired) electrons. The van der Waals surface area contributed by atoms with E-state index in [0.717, 1.165) is 42.4 Å². The van der Waals surface area contributed by atoms with Gasteiger partial charge in [0.15, 0.2) is 0 Å². The van der Waals surface area contributed by atoms with Gasteiger partial charge in [-0.1, -0.05) is 6.92 Å². The molecule has 4 aliphatic carbocycles. The van der Waals surface area contributed by atoms with Crippen LogP contribution < -0.4 is 0 Å². The quantitative estimate of drug-likeness (QED) is 0.769. The van der Waals surface area contributed by atoms with Gasteiger partial charge in [0, 0.05) is 0 Å². The van der Waals surface area contributed by atoms with Gasteiger partial charge in [-0.15, -0.1) is 0 Å². The van der Waals surface area contributed by atoms with Crippen LogP contribution in [0.5, 0.6) is 0 Å². The summed E-state index contributed by atoms with van der Waals surface area (Å²) in [6.45, 7) is 4.51. The van der Waals surface area contributed by atoms with Crippen molar-refractivity contribution in [3.05, 3.63) is 0 Å². The molecular weight excluding hydrogens is 272 g/mol. The lowest BCUT2D eigenvalue weighted by Crippen LogP contribution is -2.49. The molecule has 22 heavy (non-hydrogen) atoms. The molecule has 0 aromatic rings. The van der Waals surface area contributed by atoms with Crippen molar-refractivity contribution in [1.82, 2.24) is 0 Å². The van der Waals surface area contributed by atoms with Crippen LogP contribution in [-0.2, 0) is 0 Å². The Hall–Kier alpha value is -0.0800. The molecule has 2 heteroatoms. The first-order valence-corrected chi connectivity index (χ1v) is 9.87. The van der Waals surface area contributed by atoms with Crippen molar-refractivity contribution in [2.45, 2.75) is 83.8 Å². The summed E-state index contributed by atoms with van der Waals surface area (Å²) in [5.41, 5.74) is 0.399. The van der Waals surface area contributed by atoms with Crippen LogP contribution in [0.1, 0.15) is 71.6 Å². The average molecular weight is 306 g/mol. The van der Waals surface area contributed by atoms with Crippen LogP contribution >= 0.6 is 0 Å². The van der Waals surface area contributed by atoms with Crippen LogP contribution in [0.2, 0.25) is 0 Å². The van der Waals surface area contributed by atoms with Gasteiger partial charge >= 0.3 is 0 Å². The number of hydrogen-bond acceptors (Lipinski definition) is 2. The van der Waals surface area contributed by atoms with Crippen LogP contribution in [0.25, 0.3) is 0 Å². The van der Waals surface area contributed by atoms with Gasteiger partial charge in [0.05, 0.1) is 12.2 Å². The highest BCUT2D eigenvalue weighted by atomic mass is 16.3. The van der Waals surface area contributed by atoms with Gasteiger partial charge in [-0.2, -0.15) is 0 Å². The average Bonchev–Trinajstić information content (AvgIpc) is 2.84. The van der Waals surface area contributed by atoms with Crippen molar-refractivity contribution in [2.24, 2.45) is 40.9 Å². The van der Waals surface area contributed by atoms with Crippen molar-refractivity contribution < 1.29 is 10.2 Å². The monoisotopic (exact) mass is 306 g/mol. The minimum absolute atomic E-state index is 0.0160. The lowest BCUT2D eigenvalue weighted by molar-refractivity contribution is -0.0886. The van der Waals surface area contributed by atoms with E-state index in [9.17, 15) is 10.2 Å². The van der Waals surface area contributed by atoms with E-state index in [1.165, 1.54) is 44.9 Å². The van der Waals surface area contributed by atoms with Crippen molar-refractivity contribution >= 4 is 0 Å². The molecule has 2 nitrogen and oxygen atoms in total. The topological polar surface area (TPSA) is 40.5 Å². The molecule has 4 rings (SSSR count). The summed E-state index contributed by atoms with van der Waals surface area (Å²) >= 11 is 0. The number of rotatable bonds is 1. The summed E-state index contributed by atoms with van der Waals surface area (Å²) in [7, 11) is 0. The van der Waals surface area contributed by atoms with E-state index in [0.29, 0.717) is 11.3 Å². The third-order valence-corrected chi connectivity index (χ3v) is 8.58. The van der Waals surface area contributed by atoms with E-state index in [-0.39, 0.29) is 12.2 Å². The Morgan fingerprint density at radius 3 is 2.45 bits per heavy atom. The number of aliphatic hydroxyl groups excluding tert-OH is 2. The van der Waals surface area contributed by atoms with E-state index in [1.807, 2.05) is 6.92 Å². The Bertz CT molecular complexity index is 420. The van der Waals surface area contributed by atoms with Gasteiger partial charge in [-0.3, -0.25) is 0 Å². The molecular formula is C20H34O2. The second-order valence-electron chi connectivity index (χ2n) is 9.37. The standard InChI is InChI=1S/C20H34O2/c1-12(21)18-7-8-19-17-5-3-13-11-14(22)4-6-15(13)16(17)9-10-20(18,19)2/h12-19,21-22H,3-11H2,1-2H3/t12-,13-,14+,15-,16+,17+,18+,19-,20+/m0/s1. The van der Waals surface area contributed by atoms with E-state index >= 15 is 0 Å². The predicted octanol–water partition coefficient (Wildman–Crippen LogP) is 4.00. The van der Waals surface area contributed by atoms with Crippen molar-refractivity contribution in [3.8, 4) is 0 Å². The van der Waals surface area contributed by atoms with Crippen molar-refractivity contribution in [1.29, 1.82) is 0 Å². The first-order valence-electron chi connectivity index (χ1n) is 9.87. The fourth-order valence-corrected chi connectivity index (χ4v) is 7.66. The Morgan fingerprint density at radius 2 is 1.68 bits per heavy atom. The first-order chi connectivity index (χ1) is 10.5. The number of hydrogen-bond donors (Lipinski definition) is 2. The van der Waals surface area contributed by atoms with Gasteiger partial charge in [-0.25, -0.2) is 0 Å². The van der Waals surface area contributed by atoms with Crippen LogP contribution in [-0.4, -0.2) is 22.4 Å². The van der Waals surface area contributed by atoms with Gasteiger partial charge in [0.25, 0.3) is 0 Å². The summed E-state index contributed by atoms with van der Waals surface area (Å²) in [5, 5.41) is 20.2. The molecule has 0 heterocycles. The van der Waals surface area contributed by atoms with Crippen LogP contribution in [0.15, 0.2) is 0 Å². The largest absolute Gasteiger partial charge is 0.393 e.